The van der Waals surface area contributed by atoms with Crippen molar-refractivity contribution in [1.82, 2.24) is 19.8 Å². The van der Waals surface area contributed by atoms with Crippen LogP contribution in [0.5, 0.6) is 5.75 Å². The molecule has 1 amide bonds. The highest BCUT2D eigenvalue weighted by atomic mass is 16.3. The number of piperazine rings is 2. The lowest BCUT2D eigenvalue weighted by atomic mass is 10.0. The van der Waals surface area contributed by atoms with E-state index in [1.54, 1.807) is 0 Å². The van der Waals surface area contributed by atoms with Crippen LogP contribution in [0.4, 0.5) is 17.5 Å². The number of phenols is 1. The van der Waals surface area contributed by atoms with Gasteiger partial charge in [-0.3, -0.25) is 9.69 Å². The molecule has 0 bridgehead atoms. The second kappa shape index (κ2) is 11.3. The lowest BCUT2D eigenvalue weighted by Crippen LogP contribution is -2.50. The van der Waals surface area contributed by atoms with Crippen molar-refractivity contribution in [2.45, 2.75) is 26.3 Å². The number of fused-ring (bicyclic) bond motifs is 2. The number of carbonyl (C=O) groups is 1. The molecule has 3 aliphatic rings. The molecule has 0 spiro atoms. The molecule has 2 saturated heterocycles. The average molecular weight is 542 g/mol. The number of phenolic OH excluding ortho intramolecular Hbond substituents is 1. The van der Waals surface area contributed by atoms with Crippen LogP contribution in [-0.4, -0.2) is 96.2 Å². The van der Waals surface area contributed by atoms with Gasteiger partial charge in [-0.15, -0.1) is 0 Å². The minimum absolute atomic E-state index is 0.0102. The Hall–Kier alpha value is -3.85. The molecular weight excluding hydrogens is 502 g/mol. The number of anilines is 3. The Balaban J connectivity index is 1.33. The monoisotopic (exact) mass is 541 g/mol. The number of rotatable bonds is 6. The Morgan fingerprint density at radius 2 is 1.70 bits per heavy atom. The molecule has 9 heteroatoms. The Kier molecular flexibility index (Phi) is 7.47. The highest BCUT2D eigenvalue weighted by molar-refractivity contribution is 5.95. The number of benzene rings is 2. The summed E-state index contributed by atoms with van der Waals surface area (Å²) in [5.74, 6) is 2.09. The normalized spacial score (nSPS) is 18.2. The van der Waals surface area contributed by atoms with E-state index < -0.39 is 0 Å². The van der Waals surface area contributed by atoms with E-state index in [2.05, 4.69) is 39.2 Å². The average Bonchev–Trinajstić information content (AvgIpc) is 3.00. The summed E-state index contributed by atoms with van der Waals surface area (Å²) in [6.45, 7) is 15.2. The van der Waals surface area contributed by atoms with Gasteiger partial charge in [0.25, 0.3) is 0 Å². The summed E-state index contributed by atoms with van der Waals surface area (Å²) in [4.78, 5) is 34.0. The van der Waals surface area contributed by atoms with Crippen LogP contribution in [0, 0.1) is 0 Å². The fourth-order valence-corrected chi connectivity index (χ4v) is 6.30. The molecule has 40 heavy (non-hydrogen) atoms. The lowest BCUT2D eigenvalue weighted by molar-refractivity contribution is -0.126. The van der Waals surface area contributed by atoms with Crippen molar-refractivity contribution in [2.24, 2.45) is 0 Å². The first kappa shape index (κ1) is 26.4. The molecule has 1 N–H and O–H groups in total. The number of amides is 1. The van der Waals surface area contributed by atoms with Gasteiger partial charge in [0.1, 0.15) is 11.6 Å². The van der Waals surface area contributed by atoms with Crippen molar-refractivity contribution in [3.05, 3.63) is 60.3 Å². The van der Waals surface area contributed by atoms with Crippen molar-refractivity contribution in [1.29, 1.82) is 0 Å². The summed E-state index contributed by atoms with van der Waals surface area (Å²) in [5.41, 5.74) is 3.30. The third-order valence-electron chi connectivity index (χ3n) is 8.46. The second-order valence-electron chi connectivity index (χ2n) is 11.0. The molecule has 2 aromatic carbocycles. The molecule has 6 rings (SSSR count). The van der Waals surface area contributed by atoms with Crippen LogP contribution in [0.1, 0.15) is 24.6 Å². The van der Waals surface area contributed by atoms with Crippen molar-refractivity contribution < 1.29 is 9.90 Å². The SMILES string of the molecule is C=CC(=O)N1CCN(c2nc(N3CCN(CCC)CC3)nc3c2CCN(c2cc(O)cc4ccccc24)C3)CC1. The third-order valence-corrected chi connectivity index (χ3v) is 8.46. The number of hydrogen-bond donors (Lipinski definition) is 1. The van der Waals surface area contributed by atoms with Gasteiger partial charge in [-0.1, -0.05) is 37.8 Å². The minimum atomic E-state index is -0.0102. The summed E-state index contributed by atoms with van der Waals surface area (Å²) < 4.78 is 0. The molecular formula is C31H39N7O2. The first-order valence-corrected chi connectivity index (χ1v) is 14.5. The van der Waals surface area contributed by atoms with Gasteiger partial charge < -0.3 is 24.7 Å². The van der Waals surface area contributed by atoms with Crippen LogP contribution in [0.25, 0.3) is 10.8 Å². The highest BCUT2D eigenvalue weighted by Gasteiger charge is 2.30. The maximum atomic E-state index is 12.2. The number of carbonyl (C=O) groups excluding carboxylic acids is 1. The zero-order valence-corrected chi connectivity index (χ0v) is 23.4. The highest BCUT2D eigenvalue weighted by Crippen LogP contribution is 2.36. The molecule has 1 aromatic heterocycles. The Morgan fingerprint density at radius 1 is 0.950 bits per heavy atom. The molecule has 3 aliphatic heterocycles. The van der Waals surface area contributed by atoms with E-state index in [1.165, 1.54) is 18.1 Å². The molecule has 3 aromatic rings. The fraction of sp³-hybridized carbons (Fsp3) is 0.452. The van der Waals surface area contributed by atoms with Gasteiger partial charge in [0.15, 0.2) is 0 Å². The van der Waals surface area contributed by atoms with E-state index in [9.17, 15) is 9.90 Å². The molecule has 0 radical (unpaired) electrons. The van der Waals surface area contributed by atoms with E-state index in [-0.39, 0.29) is 11.7 Å². The van der Waals surface area contributed by atoms with Crippen molar-refractivity contribution in [3.63, 3.8) is 0 Å². The number of aromatic nitrogens is 2. The van der Waals surface area contributed by atoms with Crippen LogP contribution in [0.15, 0.2) is 49.1 Å². The van der Waals surface area contributed by atoms with Crippen LogP contribution in [0.2, 0.25) is 0 Å². The van der Waals surface area contributed by atoms with Crippen molar-refractivity contribution in [2.75, 3.05) is 80.1 Å². The molecule has 4 heterocycles. The predicted molar refractivity (Wildman–Crippen MR) is 160 cm³/mol. The minimum Gasteiger partial charge on any atom is -0.508 e. The quantitative estimate of drug-likeness (QED) is 0.477. The van der Waals surface area contributed by atoms with E-state index in [4.69, 9.17) is 9.97 Å². The summed E-state index contributed by atoms with van der Waals surface area (Å²) in [6.07, 6.45) is 3.39. The van der Waals surface area contributed by atoms with E-state index in [0.717, 1.165) is 92.7 Å². The third kappa shape index (κ3) is 5.18. The largest absolute Gasteiger partial charge is 0.508 e. The van der Waals surface area contributed by atoms with Crippen LogP contribution in [0.3, 0.4) is 0 Å². The van der Waals surface area contributed by atoms with Gasteiger partial charge in [0, 0.05) is 81.6 Å². The maximum absolute atomic E-state index is 12.2. The molecule has 2 fully saturated rings. The summed E-state index contributed by atoms with van der Waals surface area (Å²) >= 11 is 0. The van der Waals surface area contributed by atoms with Crippen molar-refractivity contribution in [3.8, 4) is 5.75 Å². The summed E-state index contributed by atoms with van der Waals surface area (Å²) in [7, 11) is 0. The summed E-state index contributed by atoms with van der Waals surface area (Å²) in [6, 6.07) is 11.9. The standard InChI is InChI=1S/C31H39N7O2/c1-3-10-34-12-14-37(15-13-34)31-32-27-22-38(28-21-24(39)20-23-7-5-6-8-25(23)28)11-9-26(27)30(33-31)36-18-16-35(17-19-36)29(40)4-2/h4-8,20-21,39H,2-3,9-19,22H2,1H3. The first-order valence-electron chi connectivity index (χ1n) is 14.5. The number of hydrogen-bond acceptors (Lipinski definition) is 8. The van der Waals surface area contributed by atoms with E-state index in [1.807, 2.05) is 35.2 Å². The second-order valence-corrected chi connectivity index (χ2v) is 11.0. The van der Waals surface area contributed by atoms with E-state index >= 15 is 0 Å². The summed E-state index contributed by atoms with van der Waals surface area (Å²) in [5, 5.41) is 12.7. The molecule has 0 aliphatic carbocycles. The lowest BCUT2D eigenvalue weighted by Gasteiger charge is -2.39. The first-order chi connectivity index (χ1) is 19.5. The van der Waals surface area contributed by atoms with Crippen molar-refractivity contribution >= 4 is 34.1 Å². The van der Waals surface area contributed by atoms with Gasteiger partial charge in [-0.25, -0.2) is 4.98 Å². The van der Waals surface area contributed by atoms with Gasteiger partial charge in [0.05, 0.1) is 12.2 Å². The molecule has 0 unspecified atom stereocenters. The van der Waals surface area contributed by atoms with Gasteiger partial charge >= 0.3 is 0 Å². The zero-order chi connectivity index (χ0) is 27.6. The maximum Gasteiger partial charge on any atom is 0.246 e. The molecule has 0 saturated carbocycles. The Bertz CT molecular complexity index is 1390. The number of nitrogens with zero attached hydrogens (tertiary/aromatic N) is 7. The molecule has 210 valence electrons. The predicted octanol–water partition coefficient (Wildman–Crippen LogP) is 3.26. The smallest absolute Gasteiger partial charge is 0.246 e. The molecule has 9 nitrogen and oxygen atoms in total. The van der Waals surface area contributed by atoms with Crippen LogP contribution < -0.4 is 14.7 Å². The van der Waals surface area contributed by atoms with Gasteiger partial charge in [-0.2, -0.15) is 4.98 Å². The van der Waals surface area contributed by atoms with E-state index in [0.29, 0.717) is 19.6 Å². The topological polar surface area (TPSA) is 79.3 Å². The fourth-order valence-electron chi connectivity index (χ4n) is 6.30. The Labute approximate surface area is 236 Å². The van der Waals surface area contributed by atoms with Gasteiger partial charge in [-0.05, 0) is 36.9 Å². The van der Waals surface area contributed by atoms with Gasteiger partial charge in [0.2, 0.25) is 11.9 Å². The number of aromatic hydroxyl groups is 1. The van der Waals surface area contributed by atoms with Crippen LogP contribution in [-0.2, 0) is 17.8 Å². The molecule has 0 atom stereocenters. The Morgan fingerprint density at radius 3 is 2.45 bits per heavy atom. The zero-order valence-electron chi connectivity index (χ0n) is 23.4. The van der Waals surface area contributed by atoms with Crippen LogP contribution >= 0.6 is 0 Å².